The zero-order valence-corrected chi connectivity index (χ0v) is 5.19. The van der Waals surface area contributed by atoms with E-state index in [1.807, 2.05) is 0 Å². The van der Waals surface area contributed by atoms with Gasteiger partial charge in [-0.25, -0.2) is 10.1 Å². The van der Waals surface area contributed by atoms with Crippen molar-refractivity contribution in [2.45, 2.75) is 25.4 Å². The summed E-state index contributed by atoms with van der Waals surface area (Å²) in [6, 6.07) is 0. The number of hydrogen-bond acceptors (Lipinski definition) is 6. The maximum absolute atomic E-state index is 7.52. The second kappa shape index (κ2) is 4.56. The van der Waals surface area contributed by atoms with E-state index < -0.39 is 0 Å². The van der Waals surface area contributed by atoms with E-state index in [1.54, 1.807) is 0 Å². The highest BCUT2D eigenvalue weighted by Gasteiger charge is 2.19. The molecule has 0 saturated heterocycles. The first-order chi connectivity index (χ1) is 4.93. The van der Waals surface area contributed by atoms with Gasteiger partial charge in [0.1, 0.15) is 0 Å². The molecule has 0 radical (unpaired) electrons. The fourth-order valence-corrected chi connectivity index (χ4v) is 0.562. The van der Waals surface area contributed by atoms with Crippen LogP contribution in [0.15, 0.2) is 0 Å². The molecule has 0 spiro atoms. The fraction of sp³-hybridized carbons (Fsp3) is 1.00. The minimum absolute atomic E-state index is 0.0716. The highest BCUT2D eigenvalue weighted by Crippen LogP contribution is 2.21. The van der Waals surface area contributed by atoms with Gasteiger partial charge in [0.25, 0.3) is 0 Å². The molecule has 0 aromatic heterocycles. The molecule has 1 fully saturated rings. The van der Waals surface area contributed by atoms with Crippen molar-refractivity contribution in [2.24, 2.45) is 0 Å². The van der Waals surface area contributed by atoms with Crippen LogP contribution >= 0.6 is 0 Å². The van der Waals surface area contributed by atoms with Crippen molar-refractivity contribution >= 4 is 0 Å². The minimum Gasteiger partial charge on any atom is -0.219 e. The summed E-state index contributed by atoms with van der Waals surface area (Å²) in [5.74, 6) is 0. The summed E-state index contributed by atoms with van der Waals surface area (Å²) in [6.07, 6.45) is 3.10. The maximum atomic E-state index is 7.52. The van der Waals surface area contributed by atoms with Gasteiger partial charge in [-0.1, -0.05) is 0 Å². The highest BCUT2D eigenvalue weighted by molar-refractivity contribution is 4.66. The standard InChI is InChI=1S/C4H8O6/c5-7-9-10-8-6-4-2-1-3-4/h4-5H,1-3H2. The Kier molecular flexibility index (Phi) is 3.58. The quantitative estimate of drug-likeness (QED) is 0.356. The van der Waals surface area contributed by atoms with E-state index in [0.29, 0.717) is 0 Å². The second-order valence-corrected chi connectivity index (χ2v) is 1.93. The molecule has 6 heteroatoms. The zero-order valence-electron chi connectivity index (χ0n) is 5.19. The second-order valence-electron chi connectivity index (χ2n) is 1.93. The van der Waals surface area contributed by atoms with Crippen molar-refractivity contribution in [3.05, 3.63) is 0 Å². The molecular weight excluding hydrogens is 144 g/mol. The lowest BCUT2D eigenvalue weighted by Gasteiger charge is -2.21. The monoisotopic (exact) mass is 152 g/mol. The normalized spacial score (nSPS) is 18.9. The molecule has 0 aromatic rings. The molecule has 0 amide bonds. The summed E-state index contributed by atoms with van der Waals surface area (Å²) in [6.45, 7) is 0. The molecular formula is C4H8O6. The molecule has 0 heterocycles. The Morgan fingerprint density at radius 1 is 1.10 bits per heavy atom. The molecule has 6 nitrogen and oxygen atoms in total. The van der Waals surface area contributed by atoms with E-state index >= 15 is 0 Å². The van der Waals surface area contributed by atoms with Crippen LogP contribution in [0.3, 0.4) is 0 Å². The number of rotatable bonds is 5. The van der Waals surface area contributed by atoms with Gasteiger partial charge in [0.15, 0.2) is 0 Å². The van der Waals surface area contributed by atoms with Crippen LogP contribution in [-0.2, 0) is 25.0 Å². The van der Waals surface area contributed by atoms with Gasteiger partial charge in [-0.3, -0.25) is 0 Å². The van der Waals surface area contributed by atoms with Gasteiger partial charge >= 0.3 is 0 Å². The molecule has 10 heavy (non-hydrogen) atoms. The molecule has 0 aromatic carbocycles. The third kappa shape index (κ3) is 2.56. The molecule has 0 bridgehead atoms. The van der Waals surface area contributed by atoms with Crippen LogP contribution in [0.4, 0.5) is 0 Å². The predicted molar refractivity (Wildman–Crippen MR) is 25.7 cm³/mol. The van der Waals surface area contributed by atoms with Crippen molar-refractivity contribution in [1.82, 2.24) is 0 Å². The largest absolute Gasteiger partial charge is 0.219 e. The molecule has 1 N–H and O–H groups in total. The van der Waals surface area contributed by atoms with Crippen LogP contribution < -0.4 is 0 Å². The molecule has 1 saturated carbocycles. The van der Waals surface area contributed by atoms with E-state index in [9.17, 15) is 0 Å². The van der Waals surface area contributed by atoms with Crippen LogP contribution in [0.1, 0.15) is 19.3 Å². The molecule has 60 valence electrons. The first kappa shape index (κ1) is 7.86. The van der Waals surface area contributed by atoms with Gasteiger partial charge in [0.2, 0.25) is 0 Å². The van der Waals surface area contributed by atoms with E-state index in [0.717, 1.165) is 19.3 Å². The Balaban J connectivity index is 1.76. The Labute approximate surface area is 56.8 Å². The molecule has 1 rings (SSSR count). The SMILES string of the molecule is OOOOOOC1CCC1. The average molecular weight is 152 g/mol. The predicted octanol–water partition coefficient (Wildman–Crippen LogP) is 0.755. The Hall–Kier alpha value is -0.240. The summed E-state index contributed by atoms with van der Waals surface area (Å²) in [5, 5.41) is 21.7. The maximum Gasteiger partial charge on any atom is 0.0962 e. The Morgan fingerprint density at radius 3 is 2.40 bits per heavy atom. The Bertz CT molecular complexity index is 81.8. The summed E-state index contributed by atoms with van der Waals surface area (Å²) >= 11 is 0. The Morgan fingerprint density at radius 2 is 1.90 bits per heavy atom. The summed E-state index contributed by atoms with van der Waals surface area (Å²) in [5.41, 5.74) is 0. The van der Waals surface area contributed by atoms with Crippen molar-refractivity contribution in [3.8, 4) is 0 Å². The van der Waals surface area contributed by atoms with Crippen LogP contribution in [0.5, 0.6) is 0 Å². The number of hydrogen-bond donors (Lipinski definition) is 1. The third-order valence-corrected chi connectivity index (χ3v) is 1.31. The van der Waals surface area contributed by atoms with E-state index in [4.69, 9.17) is 5.26 Å². The third-order valence-electron chi connectivity index (χ3n) is 1.31. The molecule has 1 aliphatic rings. The molecule has 0 unspecified atom stereocenters. The first-order valence-electron chi connectivity index (χ1n) is 2.90. The summed E-state index contributed by atoms with van der Waals surface area (Å²) in [7, 11) is 0. The van der Waals surface area contributed by atoms with Crippen LogP contribution in [0.2, 0.25) is 0 Å². The van der Waals surface area contributed by atoms with Crippen molar-refractivity contribution in [2.75, 3.05) is 0 Å². The van der Waals surface area contributed by atoms with Crippen LogP contribution in [0, 0.1) is 0 Å². The van der Waals surface area contributed by atoms with Gasteiger partial charge in [-0.2, -0.15) is 0 Å². The average Bonchev–Trinajstić information content (AvgIpc) is 1.84. The zero-order chi connectivity index (χ0) is 7.23. The van der Waals surface area contributed by atoms with Crippen molar-refractivity contribution in [1.29, 1.82) is 0 Å². The van der Waals surface area contributed by atoms with Crippen LogP contribution in [0.25, 0.3) is 0 Å². The topological polar surface area (TPSA) is 66.4 Å². The lowest BCUT2D eigenvalue weighted by molar-refractivity contribution is -0.757. The molecule has 0 aliphatic heterocycles. The summed E-state index contributed by atoms with van der Waals surface area (Å²) in [4.78, 5) is 4.54. The minimum atomic E-state index is 0.0716. The van der Waals surface area contributed by atoms with Crippen LogP contribution in [-0.4, -0.2) is 11.4 Å². The van der Waals surface area contributed by atoms with Crippen molar-refractivity contribution in [3.63, 3.8) is 0 Å². The lowest BCUT2D eigenvalue weighted by Crippen LogP contribution is -2.21. The van der Waals surface area contributed by atoms with E-state index in [-0.39, 0.29) is 6.10 Å². The molecule has 0 atom stereocenters. The van der Waals surface area contributed by atoms with E-state index in [2.05, 4.69) is 25.0 Å². The van der Waals surface area contributed by atoms with Crippen molar-refractivity contribution < 1.29 is 30.3 Å². The smallest absolute Gasteiger partial charge is 0.0962 e. The van der Waals surface area contributed by atoms with Gasteiger partial charge in [-0.05, 0) is 39.4 Å². The first-order valence-corrected chi connectivity index (χ1v) is 2.90. The van der Waals surface area contributed by atoms with Gasteiger partial charge < -0.3 is 0 Å². The molecule has 1 aliphatic carbocycles. The fourth-order valence-electron chi connectivity index (χ4n) is 0.562. The van der Waals surface area contributed by atoms with Gasteiger partial charge in [0.05, 0.1) is 6.10 Å². The van der Waals surface area contributed by atoms with Gasteiger partial charge in [0, 0.05) is 0 Å². The van der Waals surface area contributed by atoms with E-state index in [1.165, 1.54) is 0 Å². The summed E-state index contributed by atoms with van der Waals surface area (Å²) < 4.78 is 0. The highest BCUT2D eigenvalue weighted by atomic mass is 17.8. The van der Waals surface area contributed by atoms with Gasteiger partial charge in [-0.15, -0.1) is 0 Å². The lowest BCUT2D eigenvalue weighted by atomic mass is 9.97.